The second-order valence-corrected chi connectivity index (χ2v) is 7.90. The molecule has 1 aromatic heterocycles. The number of nitrogens with zero attached hydrogens (tertiary/aromatic N) is 2. The van der Waals surface area contributed by atoms with Gasteiger partial charge in [0.2, 0.25) is 5.95 Å². The summed E-state index contributed by atoms with van der Waals surface area (Å²) in [7, 11) is 0. The Morgan fingerprint density at radius 3 is 2.62 bits per heavy atom. The summed E-state index contributed by atoms with van der Waals surface area (Å²) in [5.74, 6) is 0.279. The summed E-state index contributed by atoms with van der Waals surface area (Å²) in [6.07, 6.45) is 7.54. The van der Waals surface area contributed by atoms with Gasteiger partial charge in [-0.3, -0.25) is 4.79 Å². The number of carbonyl (C=O) groups excluding carboxylic acids is 1. The van der Waals surface area contributed by atoms with E-state index in [0.29, 0.717) is 18.2 Å². The van der Waals surface area contributed by atoms with Crippen LogP contribution < -0.4 is 16.4 Å². The Hall–Kier alpha value is -1.93. The van der Waals surface area contributed by atoms with Crippen molar-refractivity contribution >= 4 is 17.7 Å². The lowest BCUT2D eigenvalue weighted by Gasteiger charge is -2.33. The number of hydrogen-bond donors (Lipinski definition) is 5. The number of hydrogen-bond acceptors (Lipinski definition) is 7. The van der Waals surface area contributed by atoms with Crippen LogP contribution in [0.15, 0.2) is 6.20 Å². The number of anilines is 2. The smallest absolute Gasteiger partial charge is 0.254 e. The van der Waals surface area contributed by atoms with Crippen LogP contribution in [0, 0.1) is 0 Å². The highest BCUT2D eigenvalue weighted by Gasteiger charge is 2.29. The Bertz CT molecular complexity index is 642. The van der Waals surface area contributed by atoms with Crippen molar-refractivity contribution in [3.63, 3.8) is 0 Å². The maximum atomic E-state index is 11.7. The molecule has 144 valence electrons. The minimum Gasteiger partial charge on any atom is -0.393 e. The molecular weight excluding hydrogens is 334 g/mol. The fourth-order valence-corrected chi connectivity index (χ4v) is 3.80. The molecule has 0 unspecified atom stereocenters. The van der Waals surface area contributed by atoms with Gasteiger partial charge in [-0.2, -0.15) is 4.98 Å². The predicted molar refractivity (Wildman–Crippen MR) is 98.9 cm³/mol. The van der Waals surface area contributed by atoms with Gasteiger partial charge in [-0.1, -0.05) is 0 Å². The highest BCUT2D eigenvalue weighted by Crippen LogP contribution is 2.29. The van der Waals surface area contributed by atoms with E-state index in [2.05, 4.69) is 20.6 Å². The highest BCUT2D eigenvalue weighted by molar-refractivity contribution is 5.97. The molecule has 2 aliphatic carbocycles. The first-order valence-electron chi connectivity index (χ1n) is 9.43. The summed E-state index contributed by atoms with van der Waals surface area (Å²) in [4.78, 5) is 20.4. The maximum Gasteiger partial charge on any atom is 0.254 e. The number of primary amides is 1. The lowest BCUT2D eigenvalue weighted by Crippen LogP contribution is -2.36. The number of amides is 1. The van der Waals surface area contributed by atoms with E-state index in [9.17, 15) is 15.0 Å². The molecule has 1 amide bonds. The fraction of sp³-hybridized carbons (Fsp3) is 0.722. The van der Waals surface area contributed by atoms with Gasteiger partial charge in [0.15, 0.2) is 0 Å². The lowest BCUT2D eigenvalue weighted by molar-refractivity contribution is 0.0195. The molecule has 0 saturated heterocycles. The maximum absolute atomic E-state index is 11.7. The molecule has 1 heterocycles. The molecule has 0 aliphatic heterocycles. The zero-order valence-electron chi connectivity index (χ0n) is 15.2. The summed E-state index contributed by atoms with van der Waals surface area (Å²) in [5, 5.41) is 26.5. The molecule has 6 N–H and O–H groups in total. The number of carbonyl (C=O) groups is 1. The molecule has 0 bridgehead atoms. The summed E-state index contributed by atoms with van der Waals surface area (Å²) < 4.78 is 0. The van der Waals surface area contributed by atoms with Crippen molar-refractivity contribution in [3.8, 4) is 0 Å². The van der Waals surface area contributed by atoms with Gasteiger partial charge in [-0.05, 0) is 58.3 Å². The van der Waals surface area contributed by atoms with Crippen LogP contribution in [0.4, 0.5) is 11.8 Å². The second kappa shape index (κ2) is 7.75. The predicted octanol–water partition coefficient (Wildman–Crippen LogP) is 1.40. The van der Waals surface area contributed by atoms with Crippen molar-refractivity contribution in [2.24, 2.45) is 5.73 Å². The molecule has 0 aromatic carbocycles. The minimum absolute atomic E-state index is 0.0596. The Morgan fingerprint density at radius 2 is 1.96 bits per heavy atom. The third-order valence-corrected chi connectivity index (χ3v) is 5.44. The molecule has 1 aromatic rings. The molecule has 26 heavy (non-hydrogen) atoms. The molecular formula is C18H29N5O3. The molecule has 0 radical (unpaired) electrons. The third kappa shape index (κ3) is 4.82. The number of rotatable bonds is 5. The topological polar surface area (TPSA) is 133 Å². The molecule has 2 fully saturated rings. The van der Waals surface area contributed by atoms with E-state index in [-0.39, 0.29) is 23.8 Å². The van der Waals surface area contributed by atoms with Crippen molar-refractivity contribution < 1.29 is 15.0 Å². The van der Waals surface area contributed by atoms with E-state index in [0.717, 1.165) is 44.9 Å². The first-order valence-corrected chi connectivity index (χ1v) is 9.43. The van der Waals surface area contributed by atoms with E-state index >= 15 is 0 Å². The van der Waals surface area contributed by atoms with Gasteiger partial charge < -0.3 is 26.6 Å². The molecule has 2 saturated carbocycles. The molecule has 3 rings (SSSR count). The van der Waals surface area contributed by atoms with Crippen molar-refractivity contribution in [2.75, 3.05) is 10.6 Å². The molecule has 0 spiro atoms. The van der Waals surface area contributed by atoms with Crippen molar-refractivity contribution in [1.29, 1.82) is 0 Å². The number of nitrogens with one attached hydrogen (secondary N) is 2. The summed E-state index contributed by atoms with van der Waals surface area (Å²) >= 11 is 0. The van der Waals surface area contributed by atoms with Crippen LogP contribution in [0.1, 0.15) is 68.6 Å². The number of aromatic nitrogens is 2. The van der Waals surface area contributed by atoms with Gasteiger partial charge in [0.25, 0.3) is 5.91 Å². The second-order valence-electron chi connectivity index (χ2n) is 7.90. The Balaban J connectivity index is 1.70. The molecule has 2 atom stereocenters. The van der Waals surface area contributed by atoms with Gasteiger partial charge in [0.1, 0.15) is 5.82 Å². The lowest BCUT2D eigenvalue weighted by atomic mass is 9.84. The fourth-order valence-electron chi connectivity index (χ4n) is 3.80. The third-order valence-electron chi connectivity index (χ3n) is 5.44. The average molecular weight is 363 g/mol. The monoisotopic (exact) mass is 363 g/mol. The van der Waals surface area contributed by atoms with Crippen LogP contribution >= 0.6 is 0 Å². The van der Waals surface area contributed by atoms with Crippen LogP contribution in [0.5, 0.6) is 0 Å². The van der Waals surface area contributed by atoms with E-state index < -0.39 is 11.5 Å². The zero-order chi connectivity index (χ0) is 18.7. The van der Waals surface area contributed by atoms with E-state index in [4.69, 9.17) is 5.73 Å². The van der Waals surface area contributed by atoms with Crippen LogP contribution in [-0.2, 0) is 0 Å². The SMILES string of the molecule is C[C@]1(O)CC[C@H](Nc2ncc(C(N)=O)c(N[C@@H]3CCC[C@H](O)C3)n2)CC1. The quantitative estimate of drug-likeness (QED) is 0.534. The normalized spacial score (nSPS) is 32.0. The van der Waals surface area contributed by atoms with Gasteiger partial charge in [0.05, 0.1) is 17.3 Å². The summed E-state index contributed by atoms with van der Waals surface area (Å²) in [6, 6.07) is 0.253. The summed E-state index contributed by atoms with van der Waals surface area (Å²) in [6.45, 7) is 1.86. The highest BCUT2D eigenvalue weighted by atomic mass is 16.3. The van der Waals surface area contributed by atoms with Gasteiger partial charge in [-0.25, -0.2) is 4.98 Å². The first-order chi connectivity index (χ1) is 12.3. The van der Waals surface area contributed by atoms with E-state index in [1.54, 1.807) is 0 Å². The van der Waals surface area contributed by atoms with Crippen LogP contribution in [0.2, 0.25) is 0 Å². The van der Waals surface area contributed by atoms with Crippen LogP contribution in [0.3, 0.4) is 0 Å². The van der Waals surface area contributed by atoms with Crippen molar-refractivity contribution in [1.82, 2.24) is 9.97 Å². The first kappa shape index (κ1) is 18.8. The standard InChI is InChI=1S/C18H29N5O3/c1-18(26)7-5-11(6-8-18)22-17-20-10-14(15(19)25)16(23-17)21-12-3-2-4-13(24)9-12/h10-13,24,26H,2-9H2,1H3,(H2,19,25)(H2,20,21,22,23)/t11-,12-,13+,18-/m1/s1. The van der Waals surface area contributed by atoms with Crippen molar-refractivity contribution in [3.05, 3.63) is 11.8 Å². The molecule has 8 heteroatoms. The number of nitrogens with two attached hydrogens (primary N) is 1. The largest absolute Gasteiger partial charge is 0.393 e. The average Bonchev–Trinajstić information content (AvgIpc) is 2.57. The van der Waals surface area contributed by atoms with Gasteiger partial charge in [-0.15, -0.1) is 0 Å². The number of aliphatic hydroxyl groups excluding tert-OH is 1. The van der Waals surface area contributed by atoms with E-state index in [1.165, 1.54) is 6.20 Å². The Kier molecular flexibility index (Phi) is 5.62. The Morgan fingerprint density at radius 1 is 1.23 bits per heavy atom. The number of aliphatic hydroxyl groups is 2. The zero-order valence-corrected chi connectivity index (χ0v) is 15.2. The van der Waals surface area contributed by atoms with Crippen LogP contribution in [-0.4, -0.2) is 49.9 Å². The molecule has 2 aliphatic rings. The minimum atomic E-state index is -0.594. The summed E-state index contributed by atoms with van der Waals surface area (Å²) in [5.41, 5.74) is 5.11. The van der Waals surface area contributed by atoms with Crippen molar-refractivity contribution in [2.45, 2.75) is 82.1 Å². The Labute approximate surface area is 153 Å². The van der Waals surface area contributed by atoms with Gasteiger partial charge >= 0.3 is 0 Å². The van der Waals surface area contributed by atoms with Gasteiger partial charge in [0, 0.05) is 18.3 Å². The van der Waals surface area contributed by atoms with Crippen LogP contribution in [0.25, 0.3) is 0 Å². The van der Waals surface area contributed by atoms with E-state index in [1.807, 2.05) is 6.92 Å². The molecule has 8 nitrogen and oxygen atoms in total.